The first-order valence-corrected chi connectivity index (χ1v) is 7.05. The number of carbonyl (C=O) groups is 1. The van der Waals surface area contributed by atoms with Crippen LogP contribution in [0.15, 0.2) is 9.98 Å². The van der Waals surface area contributed by atoms with Crippen molar-refractivity contribution in [3.05, 3.63) is 0 Å². The molecule has 6 heteroatoms. The Morgan fingerprint density at radius 2 is 2.15 bits per heavy atom. The van der Waals surface area contributed by atoms with E-state index in [9.17, 15) is 4.79 Å². The van der Waals surface area contributed by atoms with E-state index in [2.05, 4.69) is 15.3 Å². The van der Waals surface area contributed by atoms with Crippen molar-refractivity contribution < 1.29 is 9.53 Å². The first kappa shape index (κ1) is 16.5. The molecule has 0 radical (unpaired) electrons. The first-order chi connectivity index (χ1) is 9.35. The van der Waals surface area contributed by atoms with Gasteiger partial charge < -0.3 is 15.0 Å². The van der Waals surface area contributed by atoms with Crippen LogP contribution in [-0.4, -0.2) is 54.9 Å². The number of nitrogens with one attached hydrogen (secondary N) is 1. The second kappa shape index (κ2) is 7.26. The quantitative estimate of drug-likeness (QED) is 0.591. The van der Waals surface area contributed by atoms with Gasteiger partial charge in [-0.1, -0.05) is 0 Å². The minimum atomic E-state index is -0.458. The minimum absolute atomic E-state index is 0.165. The third-order valence-corrected chi connectivity index (χ3v) is 2.87. The largest absolute Gasteiger partial charge is 0.444 e. The summed E-state index contributed by atoms with van der Waals surface area (Å²) in [5, 5.41) is 3.26. The predicted octanol–water partition coefficient (Wildman–Crippen LogP) is 2.05. The molecule has 1 aliphatic rings. The maximum Gasteiger partial charge on any atom is 0.410 e. The highest BCUT2D eigenvalue weighted by Gasteiger charge is 2.27. The molecular weight excluding hydrogens is 256 g/mol. The summed E-state index contributed by atoms with van der Waals surface area (Å²) in [5.41, 5.74) is -0.458. The van der Waals surface area contributed by atoms with Gasteiger partial charge in [0.05, 0.1) is 0 Å². The number of piperidine rings is 1. The van der Waals surface area contributed by atoms with Crippen molar-refractivity contribution in [2.24, 2.45) is 9.98 Å². The standard InChI is InChI=1S/C14H26N4O2/c1-6-16-12(15-5)17-11-8-7-9-18(10-11)13(19)20-14(2,3)4/h6,11H,7-10H2,1-5H3,(H,15,17)/b16-6-/t11-/m0/s1. The van der Waals surface area contributed by atoms with Gasteiger partial charge in [-0.05, 0) is 40.5 Å². The first-order valence-electron chi connectivity index (χ1n) is 7.05. The monoisotopic (exact) mass is 282 g/mol. The van der Waals surface area contributed by atoms with E-state index in [1.807, 2.05) is 27.7 Å². The molecule has 0 unspecified atom stereocenters. The molecule has 0 aliphatic carbocycles. The number of nitrogens with zero attached hydrogens (tertiary/aromatic N) is 3. The molecule has 0 spiro atoms. The Labute approximate surface area is 121 Å². The zero-order valence-electron chi connectivity index (χ0n) is 13.1. The molecule has 1 heterocycles. The molecule has 1 saturated heterocycles. The van der Waals surface area contributed by atoms with Gasteiger partial charge in [-0.2, -0.15) is 0 Å². The zero-order valence-corrected chi connectivity index (χ0v) is 13.1. The Kier molecular flexibility index (Phi) is 5.98. The van der Waals surface area contributed by atoms with Crippen LogP contribution in [0.2, 0.25) is 0 Å². The lowest BCUT2D eigenvalue weighted by Crippen LogP contribution is -2.50. The number of hydrogen-bond donors (Lipinski definition) is 1. The molecule has 1 N–H and O–H groups in total. The van der Waals surface area contributed by atoms with Crippen LogP contribution in [0.3, 0.4) is 0 Å². The molecule has 6 nitrogen and oxygen atoms in total. The Balaban J connectivity index is 2.56. The fourth-order valence-electron chi connectivity index (χ4n) is 2.05. The number of rotatable bonds is 1. The zero-order chi connectivity index (χ0) is 15.2. The van der Waals surface area contributed by atoms with E-state index in [1.54, 1.807) is 18.2 Å². The normalized spacial score (nSPS) is 21.1. The van der Waals surface area contributed by atoms with Gasteiger partial charge in [0.25, 0.3) is 0 Å². The van der Waals surface area contributed by atoms with Crippen molar-refractivity contribution in [3.63, 3.8) is 0 Å². The summed E-state index contributed by atoms with van der Waals surface area (Å²) >= 11 is 0. The SMILES string of the molecule is C/C=N\C(=N/C)N[C@H]1CCCN(C(=O)OC(C)(C)C)C1. The van der Waals surface area contributed by atoms with Crippen molar-refractivity contribution in [2.45, 2.75) is 52.2 Å². The maximum absolute atomic E-state index is 12.1. The van der Waals surface area contributed by atoms with E-state index >= 15 is 0 Å². The van der Waals surface area contributed by atoms with Crippen LogP contribution in [-0.2, 0) is 4.74 Å². The lowest BCUT2D eigenvalue weighted by Gasteiger charge is -2.34. The summed E-state index contributed by atoms with van der Waals surface area (Å²) in [6.45, 7) is 8.84. The Bertz CT molecular complexity index is 385. The molecule has 1 amide bonds. The third-order valence-electron chi connectivity index (χ3n) is 2.87. The van der Waals surface area contributed by atoms with Gasteiger partial charge in [0.15, 0.2) is 0 Å². The van der Waals surface area contributed by atoms with Gasteiger partial charge in [0.1, 0.15) is 5.60 Å². The van der Waals surface area contributed by atoms with E-state index in [-0.39, 0.29) is 12.1 Å². The Morgan fingerprint density at radius 3 is 2.70 bits per heavy atom. The van der Waals surface area contributed by atoms with Crippen molar-refractivity contribution in [1.82, 2.24) is 10.2 Å². The van der Waals surface area contributed by atoms with Gasteiger partial charge in [-0.15, -0.1) is 0 Å². The van der Waals surface area contributed by atoms with Crippen LogP contribution in [0.1, 0.15) is 40.5 Å². The molecule has 20 heavy (non-hydrogen) atoms. The Morgan fingerprint density at radius 1 is 1.45 bits per heavy atom. The number of guanidine groups is 1. The van der Waals surface area contributed by atoms with Crippen LogP contribution in [0.4, 0.5) is 4.79 Å². The van der Waals surface area contributed by atoms with Crippen molar-refractivity contribution in [1.29, 1.82) is 0 Å². The van der Waals surface area contributed by atoms with E-state index < -0.39 is 5.60 Å². The van der Waals surface area contributed by atoms with E-state index in [4.69, 9.17) is 4.74 Å². The highest BCUT2D eigenvalue weighted by Crippen LogP contribution is 2.15. The molecular formula is C14H26N4O2. The van der Waals surface area contributed by atoms with E-state index in [0.29, 0.717) is 12.5 Å². The molecule has 1 fully saturated rings. The van der Waals surface area contributed by atoms with Crippen molar-refractivity contribution in [2.75, 3.05) is 20.1 Å². The van der Waals surface area contributed by atoms with E-state index in [0.717, 1.165) is 19.4 Å². The van der Waals surface area contributed by atoms with E-state index in [1.165, 1.54) is 0 Å². The molecule has 1 rings (SSSR count). The highest BCUT2D eigenvalue weighted by molar-refractivity contribution is 5.87. The number of hydrogen-bond acceptors (Lipinski definition) is 3. The van der Waals surface area contributed by atoms with Crippen LogP contribution in [0.25, 0.3) is 0 Å². The lowest BCUT2D eigenvalue weighted by atomic mass is 10.1. The second-order valence-corrected chi connectivity index (χ2v) is 5.84. The minimum Gasteiger partial charge on any atom is -0.444 e. The topological polar surface area (TPSA) is 66.3 Å². The molecule has 114 valence electrons. The fourth-order valence-corrected chi connectivity index (χ4v) is 2.05. The highest BCUT2D eigenvalue weighted by atomic mass is 16.6. The summed E-state index contributed by atoms with van der Waals surface area (Å²) in [7, 11) is 1.70. The molecule has 0 aromatic carbocycles. The molecule has 1 aliphatic heterocycles. The Hall–Kier alpha value is -1.59. The third kappa shape index (κ3) is 5.59. The number of likely N-dealkylation sites (tertiary alicyclic amines) is 1. The van der Waals surface area contributed by atoms with Gasteiger partial charge in [-0.25, -0.2) is 9.79 Å². The number of ether oxygens (including phenoxy) is 1. The maximum atomic E-state index is 12.1. The smallest absolute Gasteiger partial charge is 0.410 e. The van der Waals surface area contributed by atoms with Crippen LogP contribution >= 0.6 is 0 Å². The summed E-state index contributed by atoms with van der Waals surface area (Å²) in [4.78, 5) is 22.0. The average molecular weight is 282 g/mol. The molecule has 0 aromatic rings. The molecule has 0 saturated carbocycles. The van der Waals surface area contributed by atoms with Gasteiger partial charge in [0.2, 0.25) is 5.96 Å². The number of carbonyl (C=O) groups excluding carboxylic acids is 1. The van der Waals surface area contributed by atoms with Gasteiger partial charge >= 0.3 is 6.09 Å². The van der Waals surface area contributed by atoms with Crippen molar-refractivity contribution >= 4 is 18.3 Å². The molecule has 1 atom stereocenters. The summed E-state index contributed by atoms with van der Waals surface area (Å²) in [6, 6.07) is 0.165. The average Bonchev–Trinajstić information content (AvgIpc) is 2.36. The van der Waals surface area contributed by atoms with Crippen molar-refractivity contribution in [3.8, 4) is 0 Å². The number of amides is 1. The fraction of sp³-hybridized carbons (Fsp3) is 0.786. The number of aliphatic imine (C=N–C) groups is 2. The summed E-state index contributed by atoms with van der Waals surface area (Å²) in [5.74, 6) is 0.600. The van der Waals surface area contributed by atoms with Crippen LogP contribution in [0.5, 0.6) is 0 Å². The van der Waals surface area contributed by atoms with Gasteiger partial charge in [0, 0.05) is 32.4 Å². The predicted molar refractivity (Wildman–Crippen MR) is 81.5 cm³/mol. The molecule has 0 aromatic heterocycles. The summed E-state index contributed by atoms with van der Waals surface area (Å²) in [6.07, 6.45) is 3.39. The summed E-state index contributed by atoms with van der Waals surface area (Å²) < 4.78 is 5.40. The van der Waals surface area contributed by atoms with Crippen LogP contribution in [0, 0.1) is 0 Å². The van der Waals surface area contributed by atoms with Crippen LogP contribution < -0.4 is 5.32 Å². The lowest BCUT2D eigenvalue weighted by molar-refractivity contribution is 0.0194. The molecule has 0 bridgehead atoms. The van der Waals surface area contributed by atoms with Gasteiger partial charge in [-0.3, -0.25) is 4.99 Å². The second-order valence-electron chi connectivity index (χ2n) is 5.84.